The first-order chi connectivity index (χ1) is 5.30. The van der Waals surface area contributed by atoms with Gasteiger partial charge in [0.1, 0.15) is 0 Å². The summed E-state index contributed by atoms with van der Waals surface area (Å²) in [5.41, 5.74) is 0.769. The minimum atomic E-state index is 0. The first-order valence-corrected chi connectivity index (χ1v) is 5.01. The summed E-state index contributed by atoms with van der Waals surface area (Å²) in [6.45, 7) is 13.2. The molecule has 1 rings (SSSR count). The zero-order valence-electron chi connectivity index (χ0n) is 9.44. The van der Waals surface area contributed by atoms with Crippen LogP contribution in [0.15, 0.2) is 0 Å². The number of piperidine rings is 1. The van der Waals surface area contributed by atoms with Crippen LogP contribution in [0, 0.1) is 11.3 Å². The van der Waals surface area contributed by atoms with Crippen LogP contribution in [0.2, 0.25) is 0 Å². The van der Waals surface area contributed by atoms with Gasteiger partial charge in [-0.25, -0.2) is 0 Å². The Hall–Kier alpha value is 0.557. The van der Waals surface area contributed by atoms with Crippen molar-refractivity contribution in [2.45, 2.75) is 46.6 Å². The van der Waals surface area contributed by atoms with Crippen molar-refractivity contribution < 1.29 is 0 Å². The SMILES string of the molecule is CC1CCN(C)C(C)(C)C1(C)C.[LiH]. The fourth-order valence-corrected chi connectivity index (χ4v) is 2.12. The van der Waals surface area contributed by atoms with E-state index in [2.05, 4.69) is 46.6 Å². The Balaban J connectivity index is 0.00000144. The molecule has 1 nitrogen and oxygen atoms in total. The van der Waals surface area contributed by atoms with E-state index in [1.54, 1.807) is 0 Å². The molecule has 1 aliphatic rings. The molecule has 1 heterocycles. The van der Waals surface area contributed by atoms with Crippen LogP contribution in [0.4, 0.5) is 0 Å². The minimum absolute atomic E-state index is 0. The summed E-state index contributed by atoms with van der Waals surface area (Å²) in [6, 6.07) is 0. The summed E-state index contributed by atoms with van der Waals surface area (Å²) >= 11 is 0. The van der Waals surface area contributed by atoms with Crippen LogP contribution in [0.3, 0.4) is 0 Å². The molecule has 1 aliphatic heterocycles. The molecule has 1 fully saturated rings. The molecule has 2 heteroatoms. The van der Waals surface area contributed by atoms with E-state index in [-0.39, 0.29) is 18.9 Å². The third kappa shape index (κ3) is 1.98. The van der Waals surface area contributed by atoms with Crippen LogP contribution in [0.5, 0.6) is 0 Å². The van der Waals surface area contributed by atoms with E-state index in [4.69, 9.17) is 0 Å². The summed E-state index contributed by atoms with van der Waals surface area (Å²) in [6.07, 6.45) is 1.34. The van der Waals surface area contributed by atoms with Crippen molar-refractivity contribution in [3.63, 3.8) is 0 Å². The topological polar surface area (TPSA) is 3.24 Å². The number of likely N-dealkylation sites (tertiary alicyclic amines) is 1. The molecule has 0 bridgehead atoms. The van der Waals surface area contributed by atoms with Crippen molar-refractivity contribution in [2.75, 3.05) is 13.6 Å². The summed E-state index contributed by atoms with van der Waals surface area (Å²) in [4.78, 5) is 2.49. The second-order valence-corrected chi connectivity index (χ2v) is 5.39. The van der Waals surface area contributed by atoms with Crippen LogP contribution in [0.25, 0.3) is 0 Å². The molecule has 1 unspecified atom stereocenters. The van der Waals surface area contributed by atoms with Gasteiger partial charge in [-0.15, -0.1) is 0 Å². The molecule has 74 valence electrons. The molecule has 0 saturated carbocycles. The van der Waals surface area contributed by atoms with E-state index in [1.165, 1.54) is 13.0 Å². The second kappa shape index (κ2) is 3.97. The van der Waals surface area contributed by atoms with Gasteiger partial charge in [-0.2, -0.15) is 0 Å². The Morgan fingerprint density at radius 2 is 1.62 bits per heavy atom. The molecule has 0 spiro atoms. The average molecular weight is 177 g/mol. The third-order valence-corrected chi connectivity index (χ3v) is 4.66. The molecule has 0 aromatic rings. The zero-order valence-corrected chi connectivity index (χ0v) is 9.44. The predicted octanol–water partition coefficient (Wildman–Crippen LogP) is 2.11. The van der Waals surface area contributed by atoms with Crippen molar-refractivity contribution in [1.29, 1.82) is 0 Å². The Bertz CT molecular complexity index is 155. The molecule has 0 aliphatic carbocycles. The maximum absolute atomic E-state index is 2.49. The number of rotatable bonds is 0. The molecule has 0 amide bonds. The van der Waals surface area contributed by atoms with Gasteiger partial charge in [0, 0.05) is 5.54 Å². The van der Waals surface area contributed by atoms with Crippen molar-refractivity contribution >= 4 is 18.9 Å². The van der Waals surface area contributed by atoms with Gasteiger partial charge >= 0.3 is 18.9 Å². The van der Waals surface area contributed by atoms with Crippen molar-refractivity contribution in [3.8, 4) is 0 Å². The van der Waals surface area contributed by atoms with E-state index < -0.39 is 0 Å². The molecule has 0 aromatic carbocycles. The van der Waals surface area contributed by atoms with E-state index >= 15 is 0 Å². The van der Waals surface area contributed by atoms with E-state index in [1.807, 2.05) is 0 Å². The van der Waals surface area contributed by atoms with Gasteiger partial charge in [-0.05, 0) is 45.2 Å². The predicted molar refractivity (Wildman–Crippen MR) is 61.4 cm³/mol. The van der Waals surface area contributed by atoms with E-state index in [0.717, 1.165) is 5.92 Å². The standard InChI is InChI=1S/C11H23N.Li.H/c1-9-7-8-12(6)11(4,5)10(9,2)3;;/h9H,7-8H2,1-6H3;;. The van der Waals surface area contributed by atoms with Gasteiger partial charge < -0.3 is 4.90 Å². The summed E-state index contributed by atoms with van der Waals surface area (Å²) in [5.74, 6) is 0.837. The van der Waals surface area contributed by atoms with Gasteiger partial charge in [-0.1, -0.05) is 20.8 Å². The molecule has 0 N–H and O–H groups in total. The molecule has 0 radical (unpaired) electrons. The zero-order chi connectivity index (χ0) is 9.57. The summed E-state index contributed by atoms with van der Waals surface area (Å²) < 4.78 is 0. The van der Waals surface area contributed by atoms with Crippen molar-refractivity contribution in [2.24, 2.45) is 11.3 Å². The maximum atomic E-state index is 2.49. The van der Waals surface area contributed by atoms with E-state index in [0.29, 0.717) is 11.0 Å². The quantitative estimate of drug-likeness (QED) is 0.512. The Labute approximate surface area is 95.4 Å². The molecular formula is C11H24LiN. The number of nitrogens with zero attached hydrogens (tertiary/aromatic N) is 1. The van der Waals surface area contributed by atoms with Crippen molar-refractivity contribution in [3.05, 3.63) is 0 Å². The monoisotopic (exact) mass is 177 g/mol. The molecule has 13 heavy (non-hydrogen) atoms. The molecular weight excluding hydrogens is 153 g/mol. The van der Waals surface area contributed by atoms with Gasteiger partial charge in [0.2, 0.25) is 0 Å². The van der Waals surface area contributed by atoms with Crippen LogP contribution in [-0.4, -0.2) is 42.9 Å². The summed E-state index contributed by atoms with van der Waals surface area (Å²) in [5, 5.41) is 0. The first-order valence-electron chi connectivity index (χ1n) is 5.01. The Morgan fingerprint density at radius 1 is 1.15 bits per heavy atom. The van der Waals surface area contributed by atoms with Gasteiger partial charge in [0.15, 0.2) is 0 Å². The number of hydrogen-bond acceptors (Lipinski definition) is 1. The van der Waals surface area contributed by atoms with Gasteiger partial charge in [0.05, 0.1) is 0 Å². The fourth-order valence-electron chi connectivity index (χ4n) is 2.12. The molecule has 1 saturated heterocycles. The fraction of sp³-hybridized carbons (Fsp3) is 1.00. The Kier molecular flexibility index (Phi) is 4.14. The van der Waals surface area contributed by atoms with Crippen LogP contribution in [-0.2, 0) is 0 Å². The van der Waals surface area contributed by atoms with Crippen molar-refractivity contribution in [1.82, 2.24) is 4.90 Å². The average Bonchev–Trinajstić information content (AvgIpc) is 1.96. The van der Waals surface area contributed by atoms with Crippen LogP contribution < -0.4 is 0 Å². The van der Waals surface area contributed by atoms with Crippen LogP contribution in [0.1, 0.15) is 41.0 Å². The van der Waals surface area contributed by atoms with Gasteiger partial charge in [0.25, 0.3) is 0 Å². The molecule has 1 atom stereocenters. The Morgan fingerprint density at radius 3 is 2.00 bits per heavy atom. The van der Waals surface area contributed by atoms with Crippen LogP contribution >= 0.6 is 0 Å². The number of hydrogen-bond donors (Lipinski definition) is 0. The van der Waals surface area contributed by atoms with E-state index in [9.17, 15) is 0 Å². The van der Waals surface area contributed by atoms with Gasteiger partial charge in [-0.3, -0.25) is 0 Å². The molecule has 0 aromatic heterocycles. The second-order valence-electron chi connectivity index (χ2n) is 5.39. The normalized spacial score (nSPS) is 32.3. The summed E-state index contributed by atoms with van der Waals surface area (Å²) in [7, 11) is 2.24. The first kappa shape index (κ1) is 13.6. The third-order valence-electron chi connectivity index (χ3n) is 4.66.